The molecule has 1 atom stereocenters. The fourth-order valence-electron chi connectivity index (χ4n) is 1.42. The SMILES string of the molecule is CCC(C)CC(=O)NCc1ccccc1N. The first-order valence-corrected chi connectivity index (χ1v) is 5.73. The molecule has 88 valence electrons. The van der Waals surface area contributed by atoms with Crippen molar-refractivity contribution in [2.45, 2.75) is 33.2 Å². The number of amides is 1. The number of rotatable bonds is 5. The highest BCUT2D eigenvalue weighted by Crippen LogP contribution is 2.10. The van der Waals surface area contributed by atoms with Gasteiger partial charge in [0.15, 0.2) is 0 Å². The Kier molecular flexibility index (Phi) is 4.83. The molecule has 3 N–H and O–H groups in total. The van der Waals surface area contributed by atoms with Crippen molar-refractivity contribution in [3.63, 3.8) is 0 Å². The van der Waals surface area contributed by atoms with Crippen LogP contribution in [0.1, 0.15) is 32.3 Å². The molecular weight excluding hydrogens is 200 g/mol. The van der Waals surface area contributed by atoms with Gasteiger partial charge < -0.3 is 11.1 Å². The van der Waals surface area contributed by atoms with Crippen LogP contribution in [0.3, 0.4) is 0 Å². The third kappa shape index (κ3) is 3.93. The maximum absolute atomic E-state index is 11.5. The van der Waals surface area contributed by atoms with E-state index in [1.54, 1.807) is 0 Å². The highest BCUT2D eigenvalue weighted by Gasteiger charge is 2.07. The summed E-state index contributed by atoms with van der Waals surface area (Å²) < 4.78 is 0. The van der Waals surface area contributed by atoms with Crippen molar-refractivity contribution in [1.29, 1.82) is 0 Å². The predicted molar refractivity (Wildman–Crippen MR) is 66.8 cm³/mol. The predicted octanol–water partition coefficient (Wildman–Crippen LogP) is 2.32. The first kappa shape index (κ1) is 12.6. The highest BCUT2D eigenvalue weighted by atomic mass is 16.1. The largest absolute Gasteiger partial charge is 0.398 e. The van der Waals surface area contributed by atoms with Crippen LogP contribution in [-0.4, -0.2) is 5.91 Å². The molecule has 1 aromatic carbocycles. The van der Waals surface area contributed by atoms with Gasteiger partial charge in [0, 0.05) is 18.7 Å². The zero-order valence-corrected chi connectivity index (χ0v) is 9.99. The van der Waals surface area contributed by atoms with Crippen molar-refractivity contribution in [2.24, 2.45) is 5.92 Å². The fourth-order valence-corrected chi connectivity index (χ4v) is 1.42. The molecule has 0 bridgehead atoms. The molecule has 1 amide bonds. The van der Waals surface area contributed by atoms with Crippen molar-refractivity contribution in [2.75, 3.05) is 5.73 Å². The summed E-state index contributed by atoms with van der Waals surface area (Å²) in [4.78, 5) is 11.5. The number of carbonyl (C=O) groups is 1. The van der Waals surface area contributed by atoms with Gasteiger partial charge in [-0.05, 0) is 17.5 Å². The lowest BCUT2D eigenvalue weighted by molar-refractivity contribution is -0.122. The van der Waals surface area contributed by atoms with E-state index in [9.17, 15) is 4.79 Å². The number of carbonyl (C=O) groups excluding carboxylic acids is 1. The van der Waals surface area contributed by atoms with E-state index in [1.165, 1.54) is 0 Å². The minimum Gasteiger partial charge on any atom is -0.398 e. The number of anilines is 1. The number of nitrogens with two attached hydrogens (primary N) is 1. The van der Waals surface area contributed by atoms with Gasteiger partial charge >= 0.3 is 0 Å². The third-order valence-corrected chi connectivity index (χ3v) is 2.76. The molecule has 1 rings (SSSR count). The zero-order chi connectivity index (χ0) is 12.0. The Balaban J connectivity index is 2.40. The Morgan fingerprint density at radius 2 is 2.12 bits per heavy atom. The molecule has 0 spiro atoms. The van der Waals surface area contributed by atoms with Crippen LogP contribution < -0.4 is 11.1 Å². The second-order valence-corrected chi connectivity index (χ2v) is 4.19. The molecule has 0 saturated carbocycles. The van der Waals surface area contributed by atoms with Crippen LogP contribution in [0, 0.1) is 5.92 Å². The topological polar surface area (TPSA) is 55.1 Å². The molecule has 0 heterocycles. The highest BCUT2D eigenvalue weighted by molar-refractivity contribution is 5.76. The maximum atomic E-state index is 11.5. The van der Waals surface area contributed by atoms with Crippen molar-refractivity contribution in [3.8, 4) is 0 Å². The summed E-state index contributed by atoms with van der Waals surface area (Å²) >= 11 is 0. The number of para-hydroxylation sites is 1. The minimum atomic E-state index is 0.0950. The van der Waals surface area contributed by atoms with Crippen LogP contribution >= 0.6 is 0 Å². The number of hydrogen-bond donors (Lipinski definition) is 2. The summed E-state index contributed by atoms with van der Waals surface area (Å²) in [6, 6.07) is 7.58. The Bertz CT molecular complexity index is 350. The third-order valence-electron chi connectivity index (χ3n) is 2.76. The van der Waals surface area contributed by atoms with E-state index < -0.39 is 0 Å². The quantitative estimate of drug-likeness (QED) is 0.748. The monoisotopic (exact) mass is 220 g/mol. The molecular formula is C13H20N2O. The summed E-state index contributed by atoms with van der Waals surface area (Å²) in [5.74, 6) is 0.533. The molecule has 0 aliphatic rings. The first-order valence-electron chi connectivity index (χ1n) is 5.73. The summed E-state index contributed by atoms with van der Waals surface area (Å²) in [6.07, 6.45) is 1.62. The van der Waals surface area contributed by atoms with E-state index in [-0.39, 0.29) is 5.91 Å². The lowest BCUT2D eigenvalue weighted by atomic mass is 10.0. The summed E-state index contributed by atoms with van der Waals surface area (Å²) in [5, 5.41) is 2.89. The number of nitrogens with one attached hydrogen (secondary N) is 1. The average Bonchev–Trinajstić information content (AvgIpc) is 2.28. The van der Waals surface area contributed by atoms with Gasteiger partial charge in [-0.1, -0.05) is 38.5 Å². The van der Waals surface area contributed by atoms with Crippen molar-refractivity contribution in [3.05, 3.63) is 29.8 Å². The Hall–Kier alpha value is -1.51. The smallest absolute Gasteiger partial charge is 0.220 e. The van der Waals surface area contributed by atoms with Gasteiger partial charge in [-0.25, -0.2) is 0 Å². The Morgan fingerprint density at radius 1 is 1.44 bits per heavy atom. The molecule has 0 aliphatic carbocycles. The van der Waals surface area contributed by atoms with Gasteiger partial charge in [0.1, 0.15) is 0 Å². The van der Waals surface area contributed by atoms with Crippen LogP contribution in [0.5, 0.6) is 0 Å². The number of benzene rings is 1. The molecule has 0 radical (unpaired) electrons. The van der Waals surface area contributed by atoms with E-state index in [1.807, 2.05) is 24.3 Å². The molecule has 0 saturated heterocycles. The van der Waals surface area contributed by atoms with Gasteiger partial charge in [-0.3, -0.25) is 4.79 Å². The number of nitrogen functional groups attached to an aromatic ring is 1. The van der Waals surface area contributed by atoms with Gasteiger partial charge in [0.2, 0.25) is 5.91 Å². The molecule has 3 nitrogen and oxygen atoms in total. The van der Waals surface area contributed by atoms with Crippen LogP contribution in [0.25, 0.3) is 0 Å². The van der Waals surface area contributed by atoms with Crippen molar-refractivity contribution < 1.29 is 4.79 Å². The zero-order valence-electron chi connectivity index (χ0n) is 9.99. The van der Waals surface area contributed by atoms with Crippen LogP contribution in [0.2, 0.25) is 0 Å². The lowest BCUT2D eigenvalue weighted by Gasteiger charge is -2.10. The normalized spacial score (nSPS) is 12.1. The summed E-state index contributed by atoms with van der Waals surface area (Å²) in [7, 11) is 0. The second kappa shape index (κ2) is 6.16. The fraction of sp³-hybridized carbons (Fsp3) is 0.462. The summed E-state index contributed by atoms with van der Waals surface area (Å²) in [6.45, 7) is 4.69. The molecule has 0 fully saturated rings. The van der Waals surface area contributed by atoms with Gasteiger partial charge in [0.05, 0.1) is 0 Å². The second-order valence-electron chi connectivity index (χ2n) is 4.19. The van der Waals surface area contributed by atoms with E-state index in [2.05, 4.69) is 19.2 Å². The molecule has 16 heavy (non-hydrogen) atoms. The maximum Gasteiger partial charge on any atom is 0.220 e. The van der Waals surface area contributed by atoms with E-state index >= 15 is 0 Å². The summed E-state index contributed by atoms with van der Waals surface area (Å²) in [5.41, 5.74) is 7.48. The first-order chi connectivity index (χ1) is 7.63. The van der Waals surface area contributed by atoms with Crippen LogP contribution in [0.4, 0.5) is 5.69 Å². The molecule has 0 aliphatic heterocycles. The van der Waals surface area contributed by atoms with Crippen LogP contribution in [0.15, 0.2) is 24.3 Å². The lowest BCUT2D eigenvalue weighted by Crippen LogP contribution is -2.24. The average molecular weight is 220 g/mol. The van der Waals surface area contributed by atoms with Gasteiger partial charge in [0.25, 0.3) is 0 Å². The molecule has 1 aromatic rings. The standard InChI is InChI=1S/C13H20N2O/c1-3-10(2)8-13(16)15-9-11-6-4-5-7-12(11)14/h4-7,10H,3,8-9,14H2,1-2H3,(H,15,16). The van der Waals surface area contributed by atoms with E-state index in [0.29, 0.717) is 18.9 Å². The van der Waals surface area contributed by atoms with Crippen molar-refractivity contribution in [1.82, 2.24) is 5.32 Å². The Labute approximate surface area is 97.0 Å². The van der Waals surface area contributed by atoms with Crippen LogP contribution in [-0.2, 0) is 11.3 Å². The van der Waals surface area contributed by atoms with Gasteiger partial charge in [-0.2, -0.15) is 0 Å². The molecule has 1 unspecified atom stereocenters. The molecule has 0 aromatic heterocycles. The Morgan fingerprint density at radius 3 is 2.75 bits per heavy atom. The van der Waals surface area contributed by atoms with Crippen molar-refractivity contribution >= 4 is 11.6 Å². The van der Waals surface area contributed by atoms with Gasteiger partial charge in [-0.15, -0.1) is 0 Å². The minimum absolute atomic E-state index is 0.0950. The van der Waals surface area contributed by atoms with E-state index in [0.717, 1.165) is 17.7 Å². The number of hydrogen-bond acceptors (Lipinski definition) is 2. The molecule has 3 heteroatoms. The van der Waals surface area contributed by atoms with E-state index in [4.69, 9.17) is 5.73 Å².